The van der Waals surface area contributed by atoms with Gasteiger partial charge >= 0.3 is 0 Å². The summed E-state index contributed by atoms with van der Waals surface area (Å²) in [5.41, 5.74) is 0.864. The number of benzene rings is 2. The number of hydrogen-bond acceptors (Lipinski definition) is 4. The van der Waals surface area contributed by atoms with E-state index in [1.807, 2.05) is 17.9 Å². The molecule has 1 unspecified atom stereocenters. The third-order valence-corrected chi connectivity index (χ3v) is 6.47. The number of para-hydroxylation sites is 1. The number of amides is 1. The van der Waals surface area contributed by atoms with Gasteiger partial charge in [0.15, 0.2) is 0 Å². The number of ether oxygens (including phenoxy) is 1. The Bertz CT molecular complexity index is 1170. The molecule has 1 fully saturated rings. The summed E-state index contributed by atoms with van der Waals surface area (Å²) in [7, 11) is 1.61. The van der Waals surface area contributed by atoms with Crippen molar-refractivity contribution < 1.29 is 13.9 Å². The third-order valence-electron chi connectivity index (χ3n) is 6.47. The fourth-order valence-corrected chi connectivity index (χ4v) is 4.77. The second kappa shape index (κ2) is 10.3. The highest BCUT2D eigenvalue weighted by Crippen LogP contribution is 2.32. The smallest absolute Gasteiger partial charge is 0.266 e. The van der Waals surface area contributed by atoms with E-state index < -0.39 is 6.04 Å². The van der Waals surface area contributed by atoms with E-state index in [1.54, 1.807) is 37.4 Å². The lowest BCUT2D eigenvalue weighted by molar-refractivity contribution is -0.139. The van der Waals surface area contributed by atoms with Gasteiger partial charge in [-0.1, -0.05) is 31.9 Å². The van der Waals surface area contributed by atoms with Crippen LogP contribution in [0.4, 0.5) is 4.39 Å². The van der Waals surface area contributed by atoms with Gasteiger partial charge in [-0.25, -0.2) is 9.37 Å². The van der Waals surface area contributed by atoms with E-state index in [4.69, 9.17) is 9.72 Å². The van der Waals surface area contributed by atoms with Crippen LogP contribution in [-0.2, 0) is 9.53 Å². The van der Waals surface area contributed by atoms with E-state index in [2.05, 4.69) is 0 Å². The van der Waals surface area contributed by atoms with Crippen molar-refractivity contribution >= 4 is 16.8 Å². The first-order valence-corrected chi connectivity index (χ1v) is 11.6. The van der Waals surface area contributed by atoms with E-state index in [1.165, 1.54) is 16.7 Å². The van der Waals surface area contributed by atoms with Gasteiger partial charge in [0.1, 0.15) is 11.6 Å². The Hall–Kier alpha value is -3.06. The monoisotopic (exact) mass is 451 g/mol. The summed E-state index contributed by atoms with van der Waals surface area (Å²) in [5.74, 6) is 0.175. The highest BCUT2D eigenvalue weighted by molar-refractivity contribution is 5.80. The molecule has 174 valence electrons. The molecule has 6 nitrogen and oxygen atoms in total. The average molecular weight is 452 g/mol. The second-order valence-corrected chi connectivity index (χ2v) is 8.53. The molecule has 0 radical (unpaired) electrons. The molecule has 0 spiro atoms. The number of hydrogen-bond donors (Lipinski definition) is 0. The zero-order chi connectivity index (χ0) is 23.4. The molecule has 1 saturated carbocycles. The fourth-order valence-electron chi connectivity index (χ4n) is 4.77. The van der Waals surface area contributed by atoms with Gasteiger partial charge in [0, 0.05) is 19.6 Å². The number of halogens is 1. The summed E-state index contributed by atoms with van der Waals surface area (Å²) in [4.78, 5) is 33.9. The molecule has 0 bridgehead atoms. The molecule has 2 aromatic carbocycles. The van der Waals surface area contributed by atoms with E-state index >= 15 is 0 Å². The quantitative estimate of drug-likeness (QED) is 0.501. The molecule has 1 aliphatic carbocycles. The number of carbonyl (C=O) groups excluding carboxylic acids is 1. The summed E-state index contributed by atoms with van der Waals surface area (Å²) >= 11 is 0. The van der Waals surface area contributed by atoms with Gasteiger partial charge in [-0.15, -0.1) is 0 Å². The maximum absolute atomic E-state index is 13.7. The van der Waals surface area contributed by atoms with Crippen LogP contribution in [0.1, 0.15) is 50.9 Å². The predicted octanol–water partition coefficient (Wildman–Crippen LogP) is 4.64. The summed E-state index contributed by atoms with van der Waals surface area (Å²) in [6.45, 7) is 2.79. The molecular weight excluding hydrogens is 421 g/mol. The minimum absolute atomic E-state index is 0.0117. The molecule has 0 N–H and O–H groups in total. The molecular formula is C26H30FN3O3. The van der Waals surface area contributed by atoms with E-state index in [9.17, 15) is 14.0 Å². The van der Waals surface area contributed by atoms with Crippen LogP contribution in [0.2, 0.25) is 0 Å². The van der Waals surface area contributed by atoms with Gasteiger partial charge in [-0.3, -0.25) is 14.2 Å². The van der Waals surface area contributed by atoms with Crippen molar-refractivity contribution in [1.29, 1.82) is 0 Å². The number of aromatic nitrogens is 2. The first-order chi connectivity index (χ1) is 16.0. The maximum Gasteiger partial charge on any atom is 0.266 e. The summed E-state index contributed by atoms with van der Waals surface area (Å²) in [6.07, 6.45) is 4.46. The van der Waals surface area contributed by atoms with Crippen molar-refractivity contribution in [2.45, 2.75) is 45.1 Å². The number of methoxy groups -OCH3 is 1. The first-order valence-electron chi connectivity index (χ1n) is 11.6. The fraction of sp³-hybridized carbons (Fsp3) is 0.423. The van der Waals surface area contributed by atoms with Crippen LogP contribution in [0.5, 0.6) is 0 Å². The first kappa shape index (κ1) is 23.1. The van der Waals surface area contributed by atoms with Crippen molar-refractivity contribution in [1.82, 2.24) is 14.5 Å². The molecule has 1 amide bonds. The molecule has 1 atom stereocenters. The third kappa shape index (κ3) is 4.69. The Balaban J connectivity index is 1.90. The van der Waals surface area contributed by atoms with Crippen LogP contribution in [-0.4, -0.2) is 40.6 Å². The Labute approximate surface area is 193 Å². The molecule has 1 aliphatic rings. The van der Waals surface area contributed by atoms with Crippen LogP contribution in [0.15, 0.2) is 53.3 Å². The normalized spacial score (nSPS) is 15.1. The largest absolute Gasteiger partial charge is 0.383 e. The Morgan fingerprint density at radius 3 is 2.55 bits per heavy atom. The van der Waals surface area contributed by atoms with Gasteiger partial charge in [0.25, 0.3) is 5.56 Å². The minimum atomic E-state index is -0.421. The molecule has 0 saturated heterocycles. The lowest BCUT2D eigenvalue weighted by Crippen LogP contribution is -2.42. The van der Waals surface area contributed by atoms with Crippen LogP contribution >= 0.6 is 0 Å². The number of rotatable bonds is 8. The maximum atomic E-state index is 13.7. The van der Waals surface area contributed by atoms with Crippen LogP contribution in [0, 0.1) is 11.7 Å². The Kier molecular flexibility index (Phi) is 7.18. The van der Waals surface area contributed by atoms with Crippen LogP contribution in [0.3, 0.4) is 0 Å². The van der Waals surface area contributed by atoms with Gasteiger partial charge < -0.3 is 9.64 Å². The zero-order valence-corrected chi connectivity index (χ0v) is 19.2. The summed E-state index contributed by atoms with van der Waals surface area (Å²) < 4.78 is 20.5. The summed E-state index contributed by atoms with van der Waals surface area (Å²) in [5, 5.41) is 0.478. The van der Waals surface area contributed by atoms with Gasteiger partial charge in [-0.2, -0.15) is 0 Å². The van der Waals surface area contributed by atoms with E-state index in [0.717, 1.165) is 25.7 Å². The van der Waals surface area contributed by atoms with Crippen molar-refractivity contribution in [3.63, 3.8) is 0 Å². The zero-order valence-electron chi connectivity index (χ0n) is 19.2. The van der Waals surface area contributed by atoms with Crippen molar-refractivity contribution in [3.05, 3.63) is 70.5 Å². The second-order valence-electron chi connectivity index (χ2n) is 8.53. The molecule has 4 rings (SSSR count). The SMILES string of the molecule is CCC(c1nc2ccccc2c(=O)n1-c1ccc(F)cc1)N(CCOC)C(=O)C1CCCC1. The van der Waals surface area contributed by atoms with Crippen molar-refractivity contribution in [2.75, 3.05) is 20.3 Å². The van der Waals surface area contributed by atoms with Crippen LogP contribution < -0.4 is 5.56 Å². The molecule has 3 aromatic rings. The molecule has 7 heteroatoms. The molecule has 33 heavy (non-hydrogen) atoms. The number of fused-ring (bicyclic) bond motifs is 1. The lowest BCUT2D eigenvalue weighted by Gasteiger charge is -2.34. The lowest BCUT2D eigenvalue weighted by atomic mass is 10.0. The van der Waals surface area contributed by atoms with Gasteiger partial charge in [0.05, 0.1) is 29.2 Å². The van der Waals surface area contributed by atoms with E-state index in [-0.39, 0.29) is 23.2 Å². The van der Waals surface area contributed by atoms with Crippen molar-refractivity contribution in [3.8, 4) is 5.69 Å². The Morgan fingerprint density at radius 1 is 1.18 bits per heavy atom. The highest BCUT2D eigenvalue weighted by Gasteiger charge is 2.34. The molecule has 1 aromatic heterocycles. The van der Waals surface area contributed by atoms with Crippen LogP contribution in [0.25, 0.3) is 16.6 Å². The molecule has 1 heterocycles. The van der Waals surface area contributed by atoms with Crippen molar-refractivity contribution in [2.24, 2.45) is 5.92 Å². The number of carbonyl (C=O) groups is 1. The average Bonchev–Trinajstić information content (AvgIpc) is 3.37. The highest BCUT2D eigenvalue weighted by atomic mass is 19.1. The van der Waals surface area contributed by atoms with Gasteiger partial charge in [-0.05, 0) is 55.7 Å². The van der Waals surface area contributed by atoms with Gasteiger partial charge in [0.2, 0.25) is 5.91 Å². The van der Waals surface area contributed by atoms with E-state index in [0.29, 0.717) is 42.0 Å². The standard InChI is InChI=1S/C26H30FN3O3/c1-3-23(29(16-17-33-2)25(31)18-8-4-5-9-18)24-28-22-11-7-6-10-21(22)26(32)30(24)20-14-12-19(27)13-15-20/h6-7,10-15,18,23H,3-5,8-9,16-17H2,1-2H3. The molecule has 0 aliphatic heterocycles. The predicted molar refractivity (Wildman–Crippen MR) is 126 cm³/mol. The summed E-state index contributed by atoms with van der Waals surface area (Å²) in [6, 6.07) is 12.6. The number of nitrogens with zero attached hydrogens (tertiary/aromatic N) is 3. The minimum Gasteiger partial charge on any atom is -0.383 e. The topological polar surface area (TPSA) is 64.4 Å². The Morgan fingerprint density at radius 2 is 1.88 bits per heavy atom.